The van der Waals surface area contributed by atoms with Crippen molar-refractivity contribution in [2.45, 2.75) is 91.4 Å². The quantitative estimate of drug-likeness (QED) is 0.559. The van der Waals surface area contributed by atoms with Crippen LogP contribution >= 0.6 is 0 Å². The molecule has 120 valence electrons. The first-order valence-corrected chi connectivity index (χ1v) is 9.03. The molecule has 0 aliphatic rings. The maximum absolute atomic E-state index is 9.53. The van der Waals surface area contributed by atoms with Crippen molar-refractivity contribution in [3.05, 3.63) is 0 Å². The van der Waals surface area contributed by atoms with Crippen LogP contribution in [0.5, 0.6) is 0 Å². The van der Waals surface area contributed by atoms with Crippen LogP contribution in [0.3, 0.4) is 0 Å². The van der Waals surface area contributed by atoms with E-state index in [4.69, 9.17) is 0 Å². The first kappa shape index (κ1) is 37.3. The summed E-state index contributed by atoms with van der Waals surface area (Å²) in [4.78, 5) is 0. The molecule has 0 atom stereocenters. The van der Waals surface area contributed by atoms with E-state index in [2.05, 4.69) is 11.6 Å². The van der Waals surface area contributed by atoms with E-state index in [0.717, 1.165) is 15.2 Å². The van der Waals surface area contributed by atoms with Crippen LogP contribution in [0.15, 0.2) is 0 Å². The van der Waals surface area contributed by atoms with Gasteiger partial charge in [0.05, 0.1) is 0 Å². The van der Waals surface area contributed by atoms with Gasteiger partial charge in [-0.25, -0.2) is 0 Å². The van der Waals surface area contributed by atoms with Crippen molar-refractivity contribution in [3.63, 3.8) is 0 Å². The molecule has 0 rings (SSSR count). The van der Waals surface area contributed by atoms with Crippen LogP contribution in [0.1, 0.15) is 55.4 Å². The van der Waals surface area contributed by atoms with Gasteiger partial charge in [-0.2, -0.15) is 0 Å². The van der Waals surface area contributed by atoms with Gasteiger partial charge in [0.15, 0.2) is 0 Å². The summed E-state index contributed by atoms with van der Waals surface area (Å²) in [5.74, 6) is 4.42. The van der Waals surface area contributed by atoms with E-state index in [1.54, 1.807) is 55.4 Å². The zero-order chi connectivity index (χ0) is 17.0. The zero-order valence-electron chi connectivity index (χ0n) is 15.1. The molecule has 20 heavy (non-hydrogen) atoms. The summed E-state index contributed by atoms with van der Waals surface area (Å²) >= 11 is 0.750. The third-order valence-electron chi connectivity index (χ3n) is 0. The summed E-state index contributed by atoms with van der Waals surface area (Å²) in [7, 11) is 0. The molecule has 0 aliphatic carbocycles. The van der Waals surface area contributed by atoms with Gasteiger partial charge in [-0.1, -0.05) is 55.4 Å². The summed E-state index contributed by atoms with van der Waals surface area (Å²) < 4.78 is 0. The Balaban J connectivity index is -0.0000000304. The molecule has 0 heterocycles. The average Bonchev–Trinajstić information content (AvgIpc) is 1.97. The van der Waals surface area contributed by atoms with Gasteiger partial charge < -0.3 is 20.4 Å². The van der Waals surface area contributed by atoms with Crippen LogP contribution in [0.4, 0.5) is 0 Å². The Morgan fingerprint density at radius 2 is 0.500 bits per heavy atom. The molecule has 0 aliphatic heterocycles. The monoisotopic (exact) mass is 320 g/mol. The second-order valence-corrected chi connectivity index (χ2v) is 5.93. The fraction of sp³-hybridized carbons (Fsp3) is 1.00. The van der Waals surface area contributed by atoms with Gasteiger partial charge in [-0.05, 0) is 0 Å². The molecule has 0 unspecified atom stereocenters. The van der Waals surface area contributed by atoms with Crippen LogP contribution in [-0.4, -0.2) is 57.0 Å². The first-order chi connectivity index (χ1) is 8.34. The molecule has 0 spiro atoms. The minimum atomic E-state index is -0.417. The maximum atomic E-state index is 9.53. The Labute approximate surface area is 144 Å². The molecular formula is C14H34Al2O4. The molecule has 0 fully saturated rings. The minimum absolute atomic E-state index is 0. The van der Waals surface area contributed by atoms with Crippen molar-refractivity contribution >= 4 is 32.6 Å². The Hall–Kier alpha value is 0.905. The molecule has 0 aromatic rings. The Morgan fingerprint density at radius 3 is 0.500 bits per heavy atom. The van der Waals surface area contributed by atoms with E-state index in [1.807, 2.05) is 0 Å². The number of hydrogen-bond acceptors (Lipinski definition) is 4. The Morgan fingerprint density at radius 1 is 0.500 bits per heavy atom. The van der Waals surface area contributed by atoms with Crippen molar-refractivity contribution in [2.75, 3.05) is 0 Å². The average molecular weight is 320 g/mol. The topological polar surface area (TPSA) is 92.2 Å². The van der Waals surface area contributed by atoms with Crippen LogP contribution < -0.4 is 20.4 Å². The van der Waals surface area contributed by atoms with E-state index in [1.165, 1.54) is 0 Å². The van der Waals surface area contributed by atoms with E-state index >= 15 is 0 Å². The van der Waals surface area contributed by atoms with Gasteiger partial charge in [0, 0.05) is 0 Å². The molecule has 4 nitrogen and oxygen atoms in total. The summed E-state index contributed by atoms with van der Waals surface area (Å²) in [6.07, 6.45) is -1.67. The van der Waals surface area contributed by atoms with Crippen LogP contribution in [0.2, 0.25) is 11.6 Å². The second kappa shape index (κ2) is 36.8. The third kappa shape index (κ3) is 7400. The van der Waals surface area contributed by atoms with Crippen molar-refractivity contribution < 1.29 is 20.4 Å². The molecule has 0 bridgehead atoms. The molecule has 0 saturated heterocycles. The van der Waals surface area contributed by atoms with Crippen molar-refractivity contribution in [1.29, 1.82) is 0 Å². The molecule has 0 aromatic carbocycles. The molecule has 0 aromatic heterocycles. The van der Waals surface area contributed by atoms with Crippen molar-refractivity contribution in [1.82, 2.24) is 0 Å². The van der Waals surface area contributed by atoms with Crippen LogP contribution in [0.25, 0.3) is 0 Å². The second-order valence-electron chi connectivity index (χ2n) is 4.77. The van der Waals surface area contributed by atoms with Gasteiger partial charge in [-0.3, -0.25) is 0 Å². The molecule has 6 heteroatoms. The predicted octanol–water partition coefficient (Wildman–Crippen LogP) is -0.574. The van der Waals surface area contributed by atoms with Crippen molar-refractivity contribution in [2.24, 2.45) is 0 Å². The SMILES string of the molecule is CC(C)[O-].CC(C)[O-].CC(C)[O-].CC(C)[O-].[Al+3].[CH3][Al+][CH3]. The number of rotatable bonds is 0. The van der Waals surface area contributed by atoms with Gasteiger partial charge in [-0.15, -0.1) is 24.4 Å². The van der Waals surface area contributed by atoms with Crippen LogP contribution in [0, 0.1) is 0 Å². The molecule has 0 N–H and O–H groups in total. The molecule has 0 radical (unpaired) electrons. The van der Waals surface area contributed by atoms with Crippen molar-refractivity contribution in [3.8, 4) is 0 Å². The summed E-state index contributed by atoms with van der Waals surface area (Å²) in [5.41, 5.74) is 0. The summed E-state index contributed by atoms with van der Waals surface area (Å²) in [6.45, 7) is 12.9. The standard InChI is InChI=1S/4C3H7O.2CH3.2Al/c4*1-3(2)4;;;;/h4*3H,1-2H3;2*1H3;;/q4*-1;;;+1;+3. The van der Waals surface area contributed by atoms with E-state index < -0.39 is 24.4 Å². The predicted molar refractivity (Wildman–Crippen MR) is 83.8 cm³/mol. The zero-order valence-corrected chi connectivity index (χ0v) is 17.4. The van der Waals surface area contributed by atoms with E-state index in [0.29, 0.717) is 0 Å². The molecule has 0 saturated carbocycles. The summed E-state index contributed by atoms with van der Waals surface area (Å²) in [5, 5.41) is 38.1. The van der Waals surface area contributed by atoms with E-state index in [-0.39, 0.29) is 17.4 Å². The van der Waals surface area contributed by atoms with Crippen LogP contribution in [-0.2, 0) is 0 Å². The fourth-order valence-electron chi connectivity index (χ4n) is 0. The summed E-state index contributed by atoms with van der Waals surface area (Å²) in [6, 6.07) is 0. The van der Waals surface area contributed by atoms with Gasteiger partial charge in [0.25, 0.3) is 0 Å². The Bertz CT molecular complexity index is 76.3. The third-order valence-corrected chi connectivity index (χ3v) is 0. The van der Waals surface area contributed by atoms with Gasteiger partial charge in [0.2, 0.25) is 0 Å². The fourth-order valence-corrected chi connectivity index (χ4v) is 0. The molecule has 0 amide bonds. The van der Waals surface area contributed by atoms with Gasteiger partial charge in [0.1, 0.15) is 0 Å². The molecular weight excluding hydrogens is 286 g/mol. The first-order valence-electron chi connectivity index (χ1n) is 6.72. The van der Waals surface area contributed by atoms with E-state index in [9.17, 15) is 20.4 Å². The Kier molecular flexibility index (Phi) is 68.6. The van der Waals surface area contributed by atoms with Gasteiger partial charge >= 0.3 is 44.2 Å². The normalized spacial score (nSPS) is 7.70. The number of hydrogen-bond donors (Lipinski definition) is 0.